The molecule has 3 aromatic rings. The van der Waals surface area contributed by atoms with Gasteiger partial charge in [-0.2, -0.15) is 0 Å². The Balaban J connectivity index is 1.64. The Bertz CT molecular complexity index is 1050. The number of carbonyl (C=O) groups is 1. The maximum Gasteiger partial charge on any atom is 0.238 e. The summed E-state index contributed by atoms with van der Waals surface area (Å²) in [6.45, 7) is 3.67. The monoisotopic (exact) mass is 438 g/mol. The maximum atomic E-state index is 11.7. The van der Waals surface area contributed by atoms with Gasteiger partial charge in [-0.3, -0.25) is 4.79 Å². The standard InChI is InChI=1S/C21H26N8OS/c1-28-5-7-29(8-6-28)21-25-13-18(20(27-21)17-3-2-4-24-17)31-16-10-14(23)9-15(11-16)26-19(30)12-22/h2-4,9-11,13,24H,5-8,12,22-23H2,1H3,(H,26,30). The molecule has 162 valence electrons. The van der Waals surface area contributed by atoms with E-state index >= 15 is 0 Å². The van der Waals surface area contributed by atoms with Gasteiger partial charge in [0.05, 0.1) is 17.1 Å². The van der Waals surface area contributed by atoms with Crippen LogP contribution in [-0.4, -0.2) is 65.5 Å². The topological polar surface area (TPSA) is 129 Å². The van der Waals surface area contributed by atoms with Crippen LogP contribution < -0.4 is 21.7 Å². The average molecular weight is 439 g/mol. The molecule has 0 spiro atoms. The lowest BCUT2D eigenvalue weighted by atomic mass is 10.3. The van der Waals surface area contributed by atoms with Gasteiger partial charge >= 0.3 is 0 Å². The molecular formula is C21H26N8OS. The summed E-state index contributed by atoms with van der Waals surface area (Å²) < 4.78 is 0. The minimum absolute atomic E-state index is 0.0875. The predicted octanol–water partition coefficient (Wildman–Crippen LogP) is 1.85. The van der Waals surface area contributed by atoms with E-state index in [1.165, 1.54) is 11.8 Å². The lowest BCUT2D eigenvalue weighted by Crippen LogP contribution is -2.45. The number of hydrogen-bond donors (Lipinski definition) is 4. The van der Waals surface area contributed by atoms with E-state index in [0.29, 0.717) is 11.4 Å². The molecule has 0 unspecified atom stereocenters. The van der Waals surface area contributed by atoms with Crippen molar-refractivity contribution in [2.24, 2.45) is 5.73 Å². The summed E-state index contributed by atoms with van der Waals surface area (Å²) in [5.74, 6) is 0.457. The van der Waals surface area contributed by atoms with Gasteiger partial charge < -0.3 is 31.6 Å². The smallest absolute Gasteiger partial charge is 0.238 e. The van der Waals surface area contributed by atoms with E-state index in [1.54, 1.807) is 6.07 Å². The first-order valence-electron chi connectivity index (χ1n) is 10.0. The number of aromatic amines is 1. The number of nitrogens with zero attached hydrogens (tertiary/aromatic N) is 4. The first kappa shape index (κ1) is 21.2. The van der Waals surface area contributed by atoms with Crippen molar-refractivity contribution in [3.63, 3.8) is 0 Å². The number of H-pyrrole nitrogens is 1. The highest BCUT2D eigenvalue weighted by Crippen LogP contribution is 2.37. The fourth-order valence-electron chi connectivity index (χ4n) is 3.36. The van der Waals surface area contributed by atoms with Crippen LogP contribution in [0.3, 0.4) is 0 Å². The highest BCUT2D eigenvalue weighted by molar-refractivity contribution is 7.99. The summed E-state index contributed by atoms with van der Waals surface area (Å²) >= 11 is 1.50. The fraction of sp³-hybridized carbons (Fsp3) is 0.286. The quantitative estimate of drug-likeness (QED) is 0.429. The minimum atomic E-state index is -0.270. The number of nitrogens with one attached hydrogen (secondary N) is 2. The van der Waals surface area contributed by atoms with Crippen LogP contribution in [-0.2, 0) is 4.79 Å². The summed E-state index contributed by atoms with van der Waals surface area (Å²) in [5.41, 5.74) is 14.4. The van der Waals surface area contributed by atoms with Gasteiger partial charge in [0.1, 0.15) is 5.69 Å². The zero-order chi connectivity index (χ0) is 21.8. The Hall–Kier alpha value is -3.08. The number of anilines is 3. The van der Waals surface area contributed by atoms with Crippen molar-refractivity contribution in [1.29, 1.82) is 0 Å². The number of hydrogen-bond acceptors (Lipinski definition) is 8. The molecule has 1 amide bonds. The van der Waals surface area contributed by atoms with Gasteiger partial charge in [0.2, 0.25) is 11.9 Å². The van der Waals surface area contributed by atoms with Crippen molar-refractivity contribution in [1.82, 2.24) is 19.9 Å². The largest absolute Gasteiger partial charge is 0.399 e. The molecule has 1 aromatic carbocycles. The average Bonchev–Trinajstić information content (AvgIpc) is 3.29. The van der Waals surface area contributed by atoms with Crippen LogP contribution in [0.5, 0.6) is 0 Å². The first-order valence-corrected chi connectivity index (χ1v) is 10.9. The number of rotatable bonds is 6. The van der Waals surface area contributed by atoms with Gasteiger partial charge in [-0.1, -0.05) is 11.8 Å². The van der Waals surface area contributed by atoms with Crippen molar-refractivity contribution < 1.29 is 4.79 Å². The van der Waals surface area contributed by atoms with Crippen LogP contribution in [0.4, 0.5) is 17.3 Å². The summed E-state index contributed by atoms with van der Waals surface area (Å²) in [6.07, 6.45) is 3.73. The molecule has 4 rings (SSSR count). The molecule has 0 saturated carbocycles. The van der Waals surface area contributed by atoms with Crippen LogP contribution in [0.25, 0.3) is 11.4 Å². The number of aromatic nitrogens is 3. The van der Waals surface area contributed by atoms with Gasteiger partial charge in [0.15, 0.2) is 0 Å². The summed E-state index contributed by atoms with van der Waals surface area (Å²) in [4.78, 5) is 30.7. The maximum absolute atomic E-state index is 11.7. The lowest BCUT2D eigenvalue weighted by Gasteiger charge is -2.32. The summed E-state index contributed by atoms with van der Waals surface area (Å²) in [7, 11) is 2.12. The van der Waals surface area contributed by atoms with Crippen molar-refractivity contribution in [2.45, 2.75) is 9.79 Å². The number of benzene rings is 1. The number of nitrogens with two attached hydrogens (primary N) is 2. The molecule has 2 aromatic heterocycles. The normalized spacial score (nSPS) is 14.6. The molecule has 6 N–H and O–H groups in total. The van der Waals surface area contributed by atoms with Crippen molar-refractivity contribution in [2.75, 3.05) is 55.7 Å². The van der Waals surface area contributed by atoms with Gasteiger partial charge in [-0.05, 0) is 37.4 Å². The Morgan fingerprint density at radius 3 is 2.77 bits per heavy atom. The molecule has 31 heavy (non-hydrogen) atoms. The predicted molar refractivity (Wildman–Crippen MR) is 124 cm³/mol. The third-order valence-corrected chi connectivity index (χ3v) is 6.00. The van der Waals surface area contributed by atoms with Crippen LogP contribution >= 0.6 is 11.8 Å². The van der Waals surface area contributed by atoms with E-state index in [0.717, 1.165) is 53.3 Å². The highest BCUT2D eigenvalue weighted by Gasteiger charge is 2.19. The van der Waals surface area contributed by atoms with Gasteiger partial charge in [0.25, 0.3) is 0 Å². The van der Waals surface area contributed by atoms with E-state index in [-0.39, 0.29) is 12.5 Å². The second-order valence-electron chi connectivity index (χ2n) is 7.40. The van der Waals surface area contributed by atoms with Crippen LogP contribution in [0.1, 0.15) is 0 Å². The van der Waals surface area contributed by atoms with Gasteiger partial charge in [0, 0.05) is 54.8 Å². The van der Waals surface area contributed by atoms with Gasteiger partial charge in [-0.25, -0.2) is 9.97 Å². The zero-order valence-corrected chi connectivity index (χ0v) is 18.2. The molecule has 1 saturated heterocycles. The van der Waals surface area contributed by atoms with Crippen LogP contribution in [0.2, 0.25) is 0 Å². The lowest BCUT2D eigenvalue weighted by molar-refractivity contribution is -0.114. The number of nitrogen functional groups attached to an aromatic ring is 1. The van der Waals surface area contributed by atoms with E-state index < -0.39 is 0 Å². The molecule has 1 aliphatic rings. The van der Waals surface area contributed by atoms with E-state index in [9.17, 15) is 4.79 Å². The number of amides is 1. The molecule has 1 aliphatic heterocycles. The second kappa shape index (κ2) is 9.38. The molecule has 0 bridgehead atoms. The van der Waals surface area contributed by atoms with Crippen molar-refractivity contribution in [3.8, 4) is 11.4 Å². The molecule has 0 aliphatic carbocycles. The number of likely N-dealkylation sites (N-methyl/N-ethyl adjacent to an activating group) is 1. The van der Waals surface area contributed by atoms with E-state index in [4.69, 9.17) is 16.5 Å². The van der Waals surface area contributed by atoms with Crippen LogP contribution in [0.15, 0.2) is 52.5 Å². The fourth-order valence-corrected chi connectivity index (χ4v) is 4.35. The van der Waals surface area contributed by atoms with Crippen molar-refractivity contribution in [3.05, 3.63) is 42.7 Å². The Labute approximate surface area is 185 Å². The molecular weight excluding hydrogens is 412 g/mol. The Morgan fingerprint density at radius 1 is 1.26 bits per heavy atom. The molecule has 9 nitrogen and oxygen atoms in total. The molecule has 0 radical (unpaired) electrons. The van der Waals surface area contributed by atoms with Gasteiger partial charge in [-0.15, -0.1) is 0 Å². The molecule has 1 fully saturated rings. The van der Waals surface area contributed by atoms with Crippen LogP contribution in [0, 0.1) is 0 Å². The third kappa shape index (κ3) is 5.16. The first-order chi connectivity index (χ1) is 15.0. The SMILES string of the molecule is CN1CCN(c2ncc(Sc3cc(N)cc(NC(=O)CN)c3)c(-c3ccc[nH]3)n2)CC1. The third-order valence-electron chi connectivity index (χ3n) is 5.01. The molecule has 3 heterocycles. The summed E-state index contributed by atoms with van der Waals surface area (Å²) in [5, 5.41) is 2.75. The Morgan fingerprint density at radius 2 is 2.06 bits per heavy atom. The summed E-state index contributed by atoms with van der Waals surface area (Å²) in [6, 6.07) is 9.36. The Kier molecular flexibility index (Phi) is 6.40. The minimum Gasteiger partial charge on any atom is -0.399 e. The van der Waals surface area contributed by atoms with E-state index in [2.05, 4.69) is 32.1 Å². The second-order valence-corrected chi connectivity index (χ2v) is 8.52. The number of piperazine rings is 1. The molecule has 10 heteroatoms. The van der Waals surface area contributed by atoms with E-state index in [1.807, 2.05) is 36.7 Å². The van der Waals surface area contributed by atoms with Crippen molar-refractivity contribution >= 4 is 35.0 Å². The number of carbonyl (C=O) groups excluding carboxylic acids is 1. The highest BCUT2D eigenvalue weighted by atomic mass is 32.2. The zero-order valence-electron chi connectivity index (χ0n) is 17.3. The molecule has 0 atom stereocenters.